The number of hydrogen-bond donors (Lipinski definition) is 2. The highest BCUT2D eigenvalue weighted by Crippen LogP contribution is 2.25. The van der Waals surface area contributed by atoms with Crippen LogP contribution in [0.25, 0.3) is 0 Å². The lowest BCUT2D eigenvalue weighted by Gasteiger charge is -2.20. The SMILES string of the molecule is CCOCCN(C)C(=O)NC1CCC(C(=O)O)C1. The van der Waals surface area contributed by atoms with Crippen molar-refractivity contribution in [2.24, 2.45) is 5.92 Å². The molecule has 1 aliphatic carbocycles. The molecule has 18 heavy (non-hydrogen) atoms. The van der Waals surface area contributed by atoms with E-state index in [1.807, 2.05) is 6.92 Å². The molecule has 0 aromatic carbocycles. The molecule has 0 aromatic rings. The first-order valence-corrected chi connectivity index (χ1v) is 6.36. The number of nitrogens with zero attached hydrogens (tertiary/aromatic N) is 1. The fourth-order valence-electron chi connectivity index (χ4n) is 2.07. The molecule has 104 valence electrons. The molecule has 0 heterocycles. The second-order valence-electron chi connectivity index (χ2n) is 4.61. The maximum absolute atomic E-state index is 11.8. The molecular weight excluding hydrogens is 236 g/mol. The van der Waals surface area contributed by atoms with E-state index in [-0.39, 0.29) is 18.0 Å². The van der Waals surface area contributed by atoms with Crippen LogP contribution in [0.15, 0.2) is 0 Å². The Morgan fingerprint density at radius 2 is 2.17 bits per heavy atom. The van der Waals surface area contributed by atoms with Gasteiger partial charge in [0.1, 0.15) is 0 Å². The summed E-state index contributed by atoms with van der Waals surface area (Å²) in [5.41, 5.74) is 0. The number of carboxylic acid groups (broad SMARTS) is 1. The van der Waals surface area contributed by atoms with Gasteiger partial charge >= 0.3 is 12.0 Å². The standard InChI is InChI=1S/C12H22N2O4/c1-3-18-7-6-14(2)12(17)13-10-5-4-9(8-10)11(15)16/h9-10H,3-8H2,1-2H3,(H,13,17)(H,15,16). The molecular formula is C12H22N2O4. The highest BCUT2D eigenvalue weighted by molar-refractivity contribution is 5.75. The summed E-state index contributed by atoms with van der Waals surface area (Å²) in [4.78, 5) is 24.1. The maximum atomic E-state index is 11.8. The number of ether oxygens (including phenoxy) is 1. The van der Waals surface area contributed by atoms with Crippen molar-refractivity contribution in [1.82, 2.24) is 10.2 Å². The number of hydrogen-bond acceptors (Lipinski definition) is 3. The minimum atomic E-state index is -0.767. The second-order valence-corrected chi connectivity index (χ2v) is 4.61. The zero-order chi connectivity index (χ0) is 13.5. The van der Waals surface area contributed by atoms with Gasteiger partial charge in [-0.1, -0.05) is 0 Å². The number of amides is 2. The summed E-state index contributed by atoms with van der Waals surface area (Å²) in [5, 5.41) is 11.7. The van der Waals surface area contributed by atoms with E-state index < -0.39 is 5.97 Å². The number of carbonyl (C=O) groups excluding carboxylic acids is 1. The number of nitrogens with one attached hydrogen (secondary N) is 1. The van der Waals surface area contributed by atoms with Gasteiger partial charge in [0.25, 0.3) is 0 Å². The van der Waals surface area contributed by atoms with Crippen LogP contribution in [0.4, 0.5) is 4.79 Å². The molecule has 0 aliphatic heterocycles. The molecule has 1 fully saturated rings. The summed E-state index contributed by atoms with van der Waals surface area (Å²) in [5.74, 6) is -1.08. The van der Waals surface area contributed by atoms with Gasteiger partial charge in [0.05, 0.1) is 12.5 Å². The smallest absolute Gasteiger partial charge is 0.317 e. The summed E-state index contributed by atoms with van der Waals surface area (Å²) in [6, 6.07) is -0.182. The van der Waals surface area contributed by atoms with Crippen molar-refractivity contribution in [3.05, 3.63) is 0 Å². The topological polar surface area (TPSA) is 78.9 Å². The summed E-state index contributed by atoms with van der Waals surface area (Å²) in [6.45, 7) is 3.60. The molecule has 6 nitrogen and oxygen atoms in total. The molecule has 2 N–H and O–H groups in total. The van der Waals surface area contributed by atoms with E-state index in [1.165, 1.54) is 0 Å². The van der Waals surface area contributed by atoms with E-state index in [4.69, 9.17) is 9.84 Å². The number of urea groups is 1. The molecule has 1 aliphatic rings. The second kappa shape index (κ2) is 7.20. The van der Waals surface area contributed by atoms with Crippen molar-refractivity contribution in [2.75, 3.05) is 26.8 Å². The number of carbonyl (C=O) groups is 2. The van der Waals surface area contributed by atoms with Gasteiger partial charge in [-0.3, -0.25) is 4.79 Å². The molecule has 2 unspecified atom stereocenters. The predicted octanol–water partition coefficient (Wildman–Crippen LogP) is 0.918. The van der Waals surface area contributed by atoms with Crippen LogP contribution >= 0.6 is 0 Å². The highest BCUT2D eigenvalue weighted by atomic mass is 16.5. The third-order valence-electron chi connectivity index (χ3n) is 3.23. The third kappa shape index (κ3) is 4.52. The van der Waals surface area contributed by atoms with Crippen LogP contribution in [-0.4, -0.2) is 54.9 Å². The quantitative estimate of drug-likeness (QED) is 0.694. The van der Waals surface area contributed by atoms with Crippen molar-refractivity contribution in [3.63, 3.8) is 0 Å². The van der Waals surface area contributed by atoms with Crippen LogP contribution in [0.3, 0.4) is 0 Å². The van der Waals surface area contributed by atoms with Gasteiger partial charge in [0.15, 0.2) is 0 Å². The Morgan fingerprint density at radius 3 is 2.72 bits per heavy atom. The normalized spacial score (nSPS) is 22.8. The van der Waals surface area contributed by atoms with Gasteiger partial charge in [0, 0.05) is 26.2 Å². The van der Waals surface area contributed by atoms with E-state index in [2.05, 4.69) is 5.32 Å². The van der Waals surface area contributed by atoms with E-state index >= 15 is 0 Å². The Balaban J connectivity index is 2.26. The lowest BCUT2D eigenvalue weighted by atomic mass is 10.1. The monoisotopic (exact) mass is 258 g/mol. The van der Waals surface area contributed by atoms with E-state index in [0.29, 0.717) is 32.6 Å². The predicted molar refractivity (Wildman–Crippen MR) is 66.4 cm³/mol. The fourth-order valence-corrected chi connectivity index (χ4v) is 2.07. The highest BCUT2D eigenvalue weighted by Gasteiger charge is 2.30. The zero-order valence-corrected chi connectivity index (χ0v) is 11.0. The summed E-state index contributed by atoms with van der Waals surface area (Å²) in [6.07, 6.45) is 1.91. The molecule has 0 radical (unpaired) electrons. The minimum absolute atomic E-state index is 0.0202. The van der Waals surface area contributed by atoms with Crippen LogP contribution in [0.2, 0.25) is 0 Å². The van der Waals surface area contributed by atoms with Gasteiger partial charge in [-0.15, -0.1) is 0 Å². The largest absolute Gasteiger partial charge is 0.481 e. The van der Waals surface area contributed by atoms with Gasteiger partial charge < -0.3 is 20.1 Å². The molecule has 6 heteroatoms. The molecule has 0 bridgehead atoms. The molecule has 0 aromatic heterocycles. The third-order valence-corrected chi connectivity index (χ3v) is 3.23. The lowest BCUT2D eigenvalue weighted by Crippen LogP contribution is -2.43. The van der Waals surface area contributed by atoms with Crippen LogP contribution in [0.1, 0.15) is 26.2 Å². The maximum Gasteiger partial charge on any atom is 0.317 e. The molecule has 0 saturated heterocycles. The lowest BCUT2D eigenvalue weighted by molar-refractivity contribution is -0.141. The Labute approximate surface area is 107 Å². The van der Waals surface area contributed by atoms with Crippen LogP contribution in [0, 0.1) is 5.92 Å². The average molecular weight is 258 g/mol. The fraction of sp³-hybridized carbons (Fsp3) is 0.833. The van der Waals surface area contributed by atoms with Crippen molar-refractivity contribution < 1.29 is 19.4 Å². The number of likely N-dealkylation sites (N-methyl/N-ethyl adjacent to an activating group) is 1. The molecule has 1 saturated carbocycles. The number of carboxylic acids is 1. The zero-order valence-electron chi connectivity index (χ0n) is 11.0. The van der Waals surface area contributed by atoms with Crippen molar-refractivity contribution >= 4 is 12.0 Å². The molecule has 2 amide bonds. The van der Waals surface area contributed by atoms with Gasteiger partial charge in [-0.2, -0.15) is 0 Å². The van der Waals surface area contributed by atoms with Crippen molar-refractivity contribution in [3.8, 4) is 0 Å². The Morgan fingerprint density at radius 1 is 1.44 bits per heavy atom. The Kier molecular flexibility index (Phi) is 5.91. The summed E-state index contributed by atoms with van der Waals surface area (Å²) >= 11 is 0. The summed E-state index contributed by atoms with van der Waals surface area (Å²) < 4.78 is 5.17. The summed E-state index contributed by atoms with van der Waals surface area (Å²) in [7, 11) is 1.71. The molecule has 1 rings (SSSR count). The van der Waals surface area contributed by atoms with Gasteiger partial charge in [-0.05, 0) is 26.2 Å². The van der Waals surface area contributed by atoms with Gasteiger partial charge in [0.2, 0.25) is 0 Å². The first kappa shape index (κ1) is 14.8. The van der Waals surface area contributed by atoms with Crippen LogP contribution < -0.4 is 5.32 Å². The number of rotatable bonds is 6. The van der Waals surface area contributed by atoms with E-state index in [9.17, 15) is 9.59 Å². The van der Waals surface area contributed by atoms with E-state index in [0.717, 1.165) is 6.42 Å². The molecule has 0 spiro atoms. The van der Waals surface area contributed by atoms with E-state index in [1.54, 1.807) is 11.9 Å². The Bertz CT molecular complexity index is 296. The molecule has 2 atom stereocenters. The van der Waals surface area contributed by atoms with Crippen LogP contribution in [0.5, 0.6) is 0 Å². The first-order valence-electron chi connectivity index (χ1n) is 6.36. The first-order chi connectivity index (χ1) is 8.54. The van der Waals surface area contributed by atoms with Gasteiger partial charge in [-0.25, -0.2) is 4.79 Å². The Hall–Kier alpha value is -1.30. The van der Waals surface area contributed by atoms with Crippen LogP contribution in [-0.2, 0) is 9.53 Å². The number of aliphatic carboxylic acids is 1. The minimum Gasteiger partial charge on any atom is -0.481 e. The average Bonchev–Trinajstić information content (AvgIpc) is 2.77. The van der Waals surface area contributed by atoms with Crippen molar-refractivity contribution in [1.29, 1.82) is 0 Å². The van der Waals surface area contributed by atoms with Crippen molar-refractivity contribution in [2.45, 2.75) is 32.2 Å².